The number of nitrogens with one attached hydrogen (secondary N) is 1. The van der Waals surface area contributed by atoms with E-state index in [1.165, 1.54) is 12.1 Å². The highest BCUT2D eigenvalue weighted by Gasteiger charge is 2.36. The van der Waals surface area contributed by atoms with E-state index >= 15 is 0 Å². The molecule has 0 aliphatic carbocycles. The van der Waals surface area contributed by atoms with E-state index in [-0.39, 0.29) is 5.56 Å². The second-order valence-electron chi connectivity index (χ2n) is 3.94. The van der Waals surface area contributed by atoms with E-state index in [4.69, 9.17) is 0 Å². The zero-order chi connectivity index (χ0) is 11.8. The molecule has 5 heteroatoms. The Kier molecular flexibility index (Phi) is 2.90. The number of benzene rings is 1. The summed E-state index contributed by atoms with van der Waals surface area (Å²) in [6, 6.07) is 5.07. The minimum absolute atomic E-state index is 0.214. The van der Waals surface area contributed by atoms with E-state index in [2.05, 4.69) is 5.32 Å². The second-order valence-corrected chi connectivity index (χ2v) is 3.94. The van der Waals surface area contributed by atoms with Crippen molar-refractivity contribution in [2.24, 2.45) is 0 Å². The molecule has 0 radical (unpaired) electrons. The maximum absolute atomic E-state index is 12.7. The third-order valence-electron chi connectivity index (χ3n) is 2.75. The van der Waals surface area contributed by atoms with Crippen molar-refractivity contribution in [3.63, 3.8) is 0 Å². The van der Waals surface area contributed by atoms with Gasteiger partial charge < -0.3 is 10.4 Å². The van der Waals surface area contributed by atoms with Gasteiger partial charge in [-0.1, -0.05) is 18.2 Å². The lowest BCUT2D eigenvalue weighted by Gasteiger charge is -2.17. The molecule has 2 N–H and O–H groups in total. The molecular formula is C11H12F3NO. The zero-order valence-corrected chi connectivity index (χ0v) is 8.46. The minimum atomic E-state index is -4.34. The Morgan fingerprint density at radius 3 is 2.50 bits per heavy atom. The predicted octanol–water partition coefficient (Wildman–Crippen LogP) is 2.10. The van der Waals surface area contributed by atoms with E-state index in [0.717, 1.165) is 6.07 Å². The number of alkyl halides is 3. The van der Waals surface area contributed by atoms with Crippen LogP contribution < -0.4 is 5.32 Å². The third-order valence-corrected chi connectivity index (χ3v) is 2.75. The summed E-state index contributed by atoms with van der Waals surface area (Å²) in [5, 5.41) is 12.2. The Hall–Kier alpha value is -1.07. The van der Waals surface area contributed by atoms with Crippen molar-refractivity contribution < 1.29 is 18.3 Å². The number of rotatable bonds is 1. The van der Waals surface area contributed by atoms with Crippen molar-refractivity contribution in [2.75, 3.05) is 6.54 Å². The van der Waals surface area contributed by atoms with Crippen LogP contribution in [-0.2, 0) is 6.18 Å². The lowest BCUT2D eigenvalue weighted by molar-refractivity contribution is -0.138. The molecule has 1 heterocycles. The predicted molar refractivity (Wildman–Crippen MR) is 52.8 cm³/mol. The van der Waals surface area contributed by atoms with E-state index in [9.17, 15) is 18.3 Å². The third kappa shape index (κ3) is 2.20. The topological polar surface area (TPSA) is 32.3 Å². The van der Waals surface area contributed by atoms with Crippen LogP contribution in [0.5, 0.6) is 0 Å². The van der Waals surface area contributed by atoms with Crippen LogP contribution in [0.2, 0.25) is 0 Å². The maximum atomic E-state index is 12.7. The Labute approximate surface area is 91.1 Å². The summed E-state index contributed by atoms with van der Waals surface area (Å²) in [6.07, 6.45) is -4.58. The highest BCUT2D eigenvalue weighted by Crippen LogP contribution is 2.36. The average molecular weight is 231 g/mol. The van der Waals surface area contributed by atoms with Crippen molar-refractivity contribution in [2.45, 2.75) is 24.7 Å². The Bertz CT molecular complexity index is 378. The van der Waals surface area contributed by atoms with Crippen LogP contribution in [0.25, 0.3) is 0 Å². The van der Waals surface area contributed by atoms with Crippen molar-refractivity contribution in [1.82, 2.24) is 5.32 Å². The number of β-amino-alcohol motifs (C(OH)–C–C–N with tert-alkyl or cyclic N) is 1. The number of aliphatic hydroxyl groups excluding tert-OH is 1. The zero-order valence-electron chi connectivity index (χ0n) is 8.46. The first-order chi connectivity index (χ1) is 7.48. The van der Waals surface area contributed by atoms with Crippen molar-refractivity contribution >= 4 is 0 Å². The van der Waals surface area contributed by atoms with Gasteiger partial charge in [-0.25, -0.2) is 0 Å². The van der Waals surface area contributed by atoms with Crippen LogP contribution in [0.1, 0.15) is 23.6 Å². The number of aliphatic hydroxyl groups is 1. The molecule has 16 heavy (non-hydrogen) atoms. The van der Waals surface area contributed by atoms with E-state index in [1.807, 2.05) is 0 Å². The summed E-state index contributed by atoms with van der Waals surface area (Å²) in [4.78, 5) is 0. The molecule has 0 saturated carbocycles. The highest BCUT2D eigenvalue weighted by molar-refractivity contribution is 5.33. The molecule has 2 atom stereocenters. The SMILES string of the molecule is OC1CNC(c2ccccc2C(F)(F)F)C1. The Morgan fingerprint density at radius 1 is 1.25 bits per heavy atom. The Morgan fingerprint density at radius 2 is 1.94 bits per heavy atom. The molecule has 2 nitrogen and oxygen atoms in total. The van der Waals surface area contributed by atoms with Crippen molar-refractivity contribution in [3.05, 3.63) is 35.4 Å². The molecule has 88 valence electrons. The molecule has 2 rings (SSSR count). The first-order valence-electron chi connectivity index (χ1n) is 5.06. The molecule has 2 unspecified atom stereocenters. The van der Waals surface area contributed by atoms with Crippen LogP contribution >= 0.6 is 0 Å². The molecule has 1 aromatic carbocycles. The van der Waals surface area contributed by atoms with Crippen molar-refractivity contribution in [3.8, 4) is 0 Å². The first-order valence-corrected chi connectivity index (χ1v) is 5.06. The van der Waals surface area contributed by atoms with Crippen LogP contribution in [0.15, 0.2) is 24.3 Å². The lowest BCUT2D eigenvalue weighted by atomic mass is 9.98. The number of hydrogen-bond donors (Lipinski definition) is 2. The molecule has 0 amide bonds. The molecule has 0 spiro atoms. The van der Waals surface area contributed by atoms with Gasteiger partial charge in [0.2, 0.25) is 0 Å². The summed E-state index contributed by atoms with van der Waals surface area (Å²) in [5.41, 5.74) is -0.409. The normalized spacial score (nSPS) is 26.0. The van der Waals surface area contributed by atoms with Gasteiger partial charge in [0.1, 0.15) is 0 Å². The maximum Gasteiger partial charge on any atom is 0.416 e. The van der Waals surface area contributed by atoms with Gasteiger partial charge in [-0.05, 0) is 18.1 Å². The van der Waals surface area contributed by atoms with Gasteiger partial charge in [0.25, 0.3) is 0 Å². The fraction of sp³-hybridized carbons (Fsp3) is 0.455. The Balaban J connectivity index is 2.34. The molecule has 1 fully saturated rings. The van der Waals surface area contributed by atoms with Gasteiger partial charge in [-0.2, -0.15) is 13.2 Å². The largest absolute Gasteiger partial charge is 0.416 e. The molecule has 1 aromatic rings. The fourth-order valence-corrected chi connectivity index (χ4v) is 2.01. The van der Waals surface area contributed by atoms with Gasteiger partial charge in [-0.15, -0.1) is 0 Å². The van der Waals surface area contributed by atoms with E-state index < -0.39 is 23.9 Å². The quantitative estimate of drug-likeness (QED) is 0.775. The van der Waals surface area contributed by atoms with Crippen LogP contribution in [0.4, 0.5) is 13.2 Å². The van der Waals surface area contributed by atoms with E-state index in [0.29, 0.717) is 13.0 Å². The summed E-state index contributed by atoms with van der Waals surface area (Å²) in [5.74, 6) is 0. The smallest absolute Gasteiger partial charge is 0.392 e. The van der Waals surface area contributed by atoms with Gasteiger partial charge in [0.15, 0.2) is 0 Å². The molecule has 0 bridgehead atoms. The molecule has 1 aliphatic heterocycles. The van der Waals surface area contributed by atoms with Crippen LogP contribution in [0.3, 0.4) is 0 Å². The van der Waals surface area contributed by atoms with Gasteiger partial charge in [-0.3, -0.25) is 0 Å². The molecule has 0 aromatic heterocycles. The summed E-state index contributed by atoms with van der Waals surface area (Å²) in [6.45, 7) is 0.344. The minimum Gasteiger partial charge on any atom is -0.392 e. The average Bonchev–Trinajstić information content (AvgIpc) is 2.64. The lowest BCUT2D eigenvalue weighted by Crippen LogP contribution is -2.18. The monoisotopic (exact) mass is 231 g/mol. The summed E-state index contributed by atoms with van der Waals surface area (Å²) < 4.78 is 38.1. The molecule has 1 saturated heterocycles. The van der Waals surface area contributed by atoms with Gasteiger partial charge in [0.05, 0.1) is 11.7 Å². The number of halogens is 3. The van der Waals surface area contributed by atoms with Gasteiger partial charge >= 0.3 is 6.18 Å². The number of hydrogen-bond acceptors (Lipinski definition) is 2. The van der Waals surface area contributed by atoms with E-state index in [1.54, 1.807) is 6.07 Å². The standard InChI is InChI=1S/C11H12F3NO/c12-11(13,14)9-4-2-1-3-8(9)10-5-7(16)6-15-10/h1-4,7,10,15-16H,5-6H2. The first kappa shape index (κ1) is 11.4. The molecule has 1 aliphatic rings. The fourth-order valence-electron chi connectivity index (χ4n) is 2.01. The van der Waals surface area contributed by atoms with Gasteiger partial charge in [0, 0.05) is 12.6 Å². The summed E-state index contributed by atoms with van der Waals surface area (Å²) in [7, 11) is 0. The van der Waals surface area contributed by atoms with Crippen LogP contribution in [0, 0.1) is 0 Å². The highest BCUT2D eigenvalue weighted by atomic mass is 19.4. The molecular weight excluding hydrogens is 219 g/mol. The summed E-state index contributed by atoms with van der Waals surface area (Å²) >= 11 is 0. The second kappa shape index (κ2) is 4.07. The van der Waals surface area contributed by atoms with Crippen molar-refractivity contribution in [1.29, 1.82) is 0 Å². The van der Waals surface area contributed by atoms with Crippen LogP contribution in [-0.4, -0.2) is 17.8 Å².